The van der Waals surface area contributed by atoms with E-state index < -0.39 is 0 Å². The van der Waals surface area contributed by atoms with Crippen molar-refractivity contribution in [2.45, 2.75) is 26.2 Å². The minimum Gasteiger partial charge on any atom is -0.496 e. The third kappa shape index (κ3) is 2.87. The van der Waals surface area contributed by atoms with Crippen LogP contribution < -0.4 is 4.90 Å². The zero-order valence-electron chi connectivity index (χ0n) is 16.5. The number of allylic oxidation sites excluding steroid dienone is 1. The van der Waals surface area contributed by atoms with Crippen molar-refractivity contribution in [2.75, 3.05) is 25.6 Å². The first-order chi connectivity index (χ1) is 13.5. The van der Waals surface area contributed by atoms with Gasteiger partial charge in [0, 0.05) is 26.1 Å². The van der Waals surface area contributed by atoms with E-state index in [2.05, 4.69) is 11.8 Å². The molecule has 0 radical (unpaired) electrons. The maximum absolute atomic E-state index is 12.9. The fraction of sp³-hybridized carbons (Fsp3) is 0.304. The Morgan fingerprint density at radius 1 is 0.964 bits per heavy atom. The van der Waals surface area contributed by atoms with E-state index >= 15 is 0 Å². The number of fused-ring (bicyclic) bond motifs is 2. The number of imide groups is 1. The minimum absolute atomic E-state index is 0.269. The van der Waals surface area contributed by atoms with Crippen LogP contribution >= 0.6 is 0 Å². The van der Waals surface area contributed by atoms with Crippen LogP contribution in [0.4, 0.5) is 5.69 Å². The number of carbonyl (C=O) groups is 2. The molecule has 0 fully saturated rings. The summed E-state index contributed by atoms with van der Waals surface area (Å²) in [5, 5.41) is 0. The molecule has 2 aromatic rings. The Labute approximate surface area is 165 Å². The zero-order chi connectivity index (χ0) is 19.8. The molecule has 0 spiro atoms. The fourth-order valence-corrected chi connectivity index (χ4v) is 3.94. The van der Waals surface area contributed by atoms with Crippen LogP contribution in [0.1, 0.15) is 51.6 Å². The SMILES string of the molecule is CCCOC1=C(N(C)C)c2cc(N3C(=O)c4ccccc4C3=O)ccc2CC1. The lowest BCUT2D eigenvalue weighted by molar-refractivity contribution is 0.0926. The second-order valence-electron chi connectivity index (χ2n) is 7.35. The molecule has 1 heterocycles. The van der Waals surface area contributed by atoms with Crippen LogP contribution in [0.2, 0.25) is 0 Å². The highest BCUT2D eigenvalue weighted by atomic mass is 16.5. The normalized spacial score (nSPS) is 15.6. The van der Waals surface area contributed by atoms with E-state index in [1.54, 1.807) is 24.3 Å². The lowest BCUT2D eigenvalue weighted by Gasteiger charge is -2.29. The average molecular weight is 376 g/mol. The van der Waals surface area contributed by atoms with Gasteiger partial charge in [-0.05, 0) is 42.7 Å². The maximum atomic E-state index is 12.9. The lowest BCUT2D eigenvalue weighted by atomic mass is 9.92. The number of anilines is 1. The van der Waals surface area contributed by atoms with Gasteiger partial charge in [-0.3, -0.25) is 9.59 Å². The summed E-state index contributed by atoms with van der Waals surface area (Å²) >= 11 is 0. The summed E-state index contributed by atoms with van der Waals surface area (Å²) in [6.07, 6.45) is 2.69. The highest BCUT2D eigenvalue weighted by molar-refractivity contribution is 6.34. The van der Waals surface area contributed by atoms with Crippen LogP contribution in [0, 0.1) is 0 Å². The van der Waals surface area contributed by atoms with Crippen LogP contribution in [0.25, 0.3) is 5.70 Å². The molecule has 0 aromatic heterocycles. The van der Waals surface area contributed by atoms with Gasteiger partial charge in [0.1, 0.15) is 5.76 Å². The van der Waals surface area contributed by atoms with E-state index in [-0.39, 0.29) is 11.8 Å². The van der Waals surface area contributed by atoms with Gasteiger partial charge >= 0.3 is 0 Å². The Morgan fingerprint density at radius 3 is 2.25 bits per heavy atom. The molecule has 1 aliphatic heterocycles. The smallest absolute Gasteiger partial charge is 0.266 e. The molecule has 1 aliphatic carbocycles. The van der Waals surface area contributed by atoms with E-state index in [9.17, 15) is 9.59 Å². The zero-order valence-corrected chi connectivity index (χ0v) is 16.5. The number of hydrogen-bond acceptors (Lipinski definition) is 4. The number of ether oxygens (including phenoxy) is 1. The van der Waals surface area contributed by atoms with Gasteiger partial charge in [-0.1, -0.05) is 25.1 Å². The third-order valence-electron chi connectivity index (χ3n) is 5.21. The number of carbonyl (C=O) groups excluding carboxylic acids is 2. The van der Waals surface area contributed by atoms with Crippen LogP contribution in [0.3, 0.4) is 0 Å². The van der Waals surface area contributed by atoms with Gasteiger partial charge in [0.25, 0.3) is 11.8 Å². The number of nitrogens with zero attached hydrogens (tertiary/aromatic N) is 2. The van der Waals surface area contributed by atoms with Gasteiger partial charge < -0.3 is 9.64 Å². The predicted molar refractivity (Wildman–Crippen MR) is 109 cm³/mol. The van der Waals surface area contributed by atoms with Gasteiger partial charge in [0.15, 0.2) is 0 Å². The summed E-state index contributed by atoms with van der Waals surface area (Å²) in [6, 6.07) is 12.8. The molecule has 0 saturated heterocycles. The molecule has 0 bridgehead atoms. The van der Waals surface area contributed by atoms with E-state index in [0.29, 0.717) is 23.4 Å². The number of aryl methyl sites for hydroxylation is 1. The number of rotatable bonds is 5. The van der Waals surface area contributed by atoms with Crippen molar-refractivity contribution in [2.24, 2.45) is 0 Å². The van der Waals surface area contributed by atoms with Crippen molar-refractivity contribution >= 4 is 23.2 Å². The largest absolute Gasteiger partial charge is 0.496 e. The number of hydrogen-bond donors (Lipinski definition) is 0. The molecule has 0 unspecified atom stereocenters. The minimum atomic E-state index is -0.269. The molecule has 28 heavy (non-hydrogen) atoms. The number of amides is 2. The monoisotopic (exact) mass is 376 g/mol. The van der Waals surface area contributed by atoms with Crippen LogP contribution in [-0.4, -0.2) is 37.4 Å². The molecule has 0 N–H and O–H groups in total. The topological polar surface area (TPSA) is 49.9 Å². The lowest BCUT2D eigenvalue weighted by Crippen LogP contribution is -2.30. The Bertz CT molecular complexity index is 956. The quantitative estimate of drug-likeness (QED) is 0.738. The highest BCUT2D eigenvalue weighted by Crippen LogP contribution is 2.37. The van der Waals surface area contributed by atoms with Crippen molar-refractivity contribution in [1.82, 2.24) is 4.90 Å². The standard InChI is InChI=1S/C23H24N2O3/c1-4-13-28-20-12-10-15-9-11-16(14-19(15)21(20)24(2)3)25-22(26)17-7-5-6-8-18(17)23(25)27/h5-9,11,14H,4,10,12-13H2,1-3H3. The number of benzene rings is 2. The van der Waals surface area contributed by atoms with Crippen LogP contribution in [0.5, 0.6) is 0 Å². The van der Waals surface area contributed by atoms with Gasteiger partial charge in [-0.2, -0.15) is 0 Å². The first-order valence-corrected chi connectivity index (χ1v) is 9.67. The summed E-state index contributed by atoms with van der Waals surface area (Å²) in [7, 11) is 3.99. The summed E-state index contributed by atoms with van der Waals surface area (Å²) in [5.41, 5.74) is 4.76. The van der Waals surface area contributed by atoms with E-state index in [4.69, 9.17) is 4.74 Å². The molecule has 0 atom stereocenters. The Balaban J connectivity index is 1.78. The Morgan fingerprint density at radius 2 is 1.64 bits per heavy atom. The molecular weight excluding hydrogens is 352 g/mol. The Hall–Kier alpha value is -3.08. The molecule has 2 aliphatic rings. The van der Waals surface area contributed by atoms with Gasteiger partial charge in [0.05, 0.1) is 29.1 Å². The molecular formula is C23H24N2O3. The van der Waals surface area contributed by atoms with E-state index in [0.717, 1.165) is 36.3 Å². The second kappa shape index (κ2) is 7.15. The Kier molecular flexibility index (Phi) is 4.67. The van der Waals surface area contributed by atoms with Gasteiger partial charge in [0.2, 0.25) is 0 Å². The maximum Gasteiger partial charge on any atom is 0.266 e. The predicted octanol–water partition coefficient (Wildman–Crippen LogP) is 4.09. The van der Waals surface area contributed by atoms with Gasteiger partial charge in [-0.25, -0.2) is 4.90 Å². The highest BCUT2D eigenvalue weighted by Gasteiger charge is 2.37. The molecule has 0 saturated carbocycles. The van der Waals surface area contributed by atoms with E-state index in [1.165, 1.54) is 10.5 Å². The average Bonchev–Trinajstić information content (AvgIpc) is 2.96. The molecule has 5 nitrogen and oxygen atoms in total. The molecule has 144 valence electrons. The van der Waals surface area contributed by atoms with Crippen LogP contribution in [0.15, 0.2) is 48.2 Å². The fourth-order valence-electron chi connectivity index (χ4n) is 3.94. The molecule has 2 aromatic carbocycles. The summed E-state index contributed by atoms with van der Waals surface area (Å²) in [5.74, 6) is 0.433. The van der Waals surface area contributed by atoms with Crippen LogP contribution in [-0.2, 0) is 11.2 Å². The van der Waals surface area contributed by atoms with Crippen molar-refractivity contribution in [1.29, 1.82) is 0 Å². The summed E-state index contributed by atoms with van der Waals surface area (Å²) in [4.78, 5) is 29.0. The van der Waals surface area contributed by atoms with Crippen molar-refractivity contribution < 1.29 is 14.3 Å². The van der Waals surface area contributed by atoms with Gasteiger partial charge in [-0.15, -0.1) is 0 Å². The molecule has 5 heteroatoms. The first kappa shape index (κ1) is 18.3. The second-order valence-corrected chi connectivity index (χ2v) is 7.35. The molecule has 4 rings (SSSR count). The van der Waals surface area contributed by atoms with E-state index in [1.807, 2.05) is 32.3 Å². The molecule has 2 amide bonds. The summed E-state index contributed by atoms with van der Waals surface area (Å²) < 4.78 is 6.01. The third-order valence-corrected chi connectivity index (χ3v) is 5.21. The van der Waals surface area contributed by atoms with Crippen molar-refractivity contribution in [3.8, 4) is 0 Å². The summed E-state index contributed by atoms with van der Waals surface area (Å²) in [6.45, 7) is 2.77. The first-order valence-electron chi connectivity index (χ1n) is 9.67. The van der Waals surface area contributed by atoms with Crippen molar-refractivity contribution in [3.05, 3.63) is 70.5 Å². The van der Waals surface area contributed by atoms with Crippen molar-refractivity contribution in [3.63, 3.8) is 0 Å².